The molecule has 26 heavy (non-hydrogen) atoms. The average molecular weight is 512 g/mol. The topological polar surface area (TPSA) is 17.8 Å². The maximum Gasteiger partial charge on any atom is 0.0774 e. The summed E-state index contributed by atoms with van der Waals surface area (Å²) in [6.45, 7) is 0. The van der Waals surface area contributed by atoms with Gasteiger partial charge in [-0.15, -0.1) is 29.1 Å². The van der Waals surface area contributed by atoms with E-state index >= 15 is 0 Å². The van der Waals surface area contributed by atoms with Gasteiger partial charge < -0.3 is 4.57 Å². The molecule has 0 spiro atoms. The summed E-state index contributed by atoms with van der Waals surface area (Å²) in [6, 6.07) is 34.5. The van der Waals surface area contributed by atoms with Crippen molar-refractivity contribution in [2.24, 2.45) is 0 Å². The third-order valence-electron chi connectivity index (χ3n) is 4.52. The van der Waals surface area contributed by atoms with E-state index in [1.807, 2.05) is 18.2 Å². The van der Waals surface area contributed by atoms with Crippen molar-refractivity contribution < 1.29 is 20.1 Å². The van der Waals surface area contributed by atoms with Gasteiger partial charge in [-0.3, -0.25) is 4.98 Å². The number of hydrogen-bond donors (Lipinski definition) is 0. The van der Waals surface area contributed by atoms with Crippen LogP contribution in [0.2, 0.25) is 0 Å². The Bertz CT molecular complexity index is 1190. The predicted molar refractivity (Wildman–Crippen MR) is 103 cm³/mol. The molecule has 127 valence electrons. The second kappa shape index (κ2) is 6.87. The molecule has 0 aliphatic heterocycles. The van der Waals surface area contributed by atoms with Gasteiger partial charge in [-0.1, -0.05) is 60.0 Å². The zero-order valence-corrected chi connectivity index (χ0v) is 16.3. The monoisotopic (exact) mass is 512 g/mol. The van der Waals surface area contributed by atoms with Gasteiger partial charge in [0.1, 0.15) is 0 Å². The SMILES string of the molecule is [Ir].[c-]1ccc2ccccc2c1-c1nc2ccccc2n1-c1ccccc1. The van der Waals surface area contributed by atoms with Crippen LogP contribution in [0.3, 0.4) is 0 Å². The van der Waals surface area contributed by atoms with Gasteiger partial charge in [0.25, 0.3) is 0 Å². The van der Waals surface area contributed by atoms with Crippen LogP contribution < -0.4 is 0 Å². The summed E-state index contributed by atoms with van der Waals surface area (Å²) in [7, 11) is 0. The molecule has 0 bridgehead atoms. The maximum absolute atomic E-state index is 4.94. The van der Waals surface area contributed by atoms with E-state index in [-0.39, 0.29) is 20.1 Å². The molecular weight excluding hydrogens is 496 g/mol. The summed E-state index contributed by atoms with van der Waals surface area (Å²) in [5, 5.41) is 2.36. The van der Waals surface area contributed by atoms with E-state index in [4.69, 9.17) is 4.98 Å². The third kappa shape index (κ3) is 2.66. The normalized spacial score (nSPS) is 10.8. The van der Waals surface area contributed by atoms with Crippen LogP contribution in [0, 0.1) is 6.07 Å². The molecule has 0 saturated heterocycles. The third-order valence-corrected chi connectivity index (χ3v) is 4.52. The van der Waals surface area contributed by atoms with Crippen molar-refractivity contribution in [3.05, 3.63) is 97.1 Å². The second-order valence-electron chi connectivity index (χ2n) is 6.04. The van der Waals surface area contributed by atoms with Crippen LogP contribution in [-0.4, -0.2) is 9.55 Å². The molecule has 0 amide bonds. The Morgan fingerprint density at radius 3 is 2.35 bits per heavy atom. The molecule has 0 aliphatic carbocycles. The number of nitrogens with zero attached hydrogens (tertiary/aromatic N) is 2. The summed E-state index contributed by atoms with van der Waals surface area (Å²) < 4.78 is 2.22. The minimum Gasteiger partial charge on any atom is -0.333 e. The molecule has 1 radical (unpaired) electrons. The molecule has 0 aliphatic rings. The minimum absolute atomic E-state index is 0. The summed E-state index contributed by atoms with van der Waals surface area (Å²) in [5.41, 5.74) is 4.22. The van der Waals surface area contributed by atoms with E-state index in [2.05, 4.69) is 83.4 Å². The average Bonchev–Trinajstić information content (AvgIpc) is 3.07. The van der Waals surface area contributed by atoms with Gasteiger partial charge >= 0.3 is 0 Å². The van der Waals surface area contributed by atoms with Gasteiger partial charge in [0.2, 0.25) is 0 Å². The van der Waals surface area contributed by atoms with E-state index in [0.29, 0.717) is 0 Å². The minimum atomic E-state index is 0. The van der Waals surface area contributed by atoms with Crippen LogP contribution in [0.25, 0.3) is 38.9 Å². The first kappa shape index (κ1) is 16.7. The molecule has 3 heteroatoms. The van der Waals surface area contributed by atoms with E-state index in [1.54, 1.807) is 0 Å². The van der Waals surface area contributed by atoms with Gasteiger partial charge in [0.05, 0.1) is 16.9 Å². The Morgan fingerprint density at radius 2 is 1.46 bits per heavy atom. The molecule has 4 aromatic carbocycles. The van der Waals surface area contributed by atoms with Crippen molar-refractivity contribution >= 4 is 21.8 Å². The molecule has 0 atom stereocenters. The van der Waals surface area contributed by atoms with Gasteiger partial charge in [0, 0.05) is 25.8 Å². The van der Waals surface area contributed by atoms with Crippen LogP contribution in [0.1, 0.15) is 0 Å². The number of imidazole rings is 1. The summed E-state index contributed by atoms with van der Waals surface area (Å²) >= 11 is 0. The summed E-state index contributed by atoms with van der Waals surface area (Å²) in [5.74, 6) is 0.921. The van der Waals surface area contributed by atoms with Gasteiger partial charge in [-0.2, -0.15) is 0 Å². The van der Waals surface area contributed by atoms with E-state index in [0.717, 1.165) is 33.5 Å². The molecule has 5 rings (SSSR count). The molecule has 2 nitrogen and oxygen atoms in total. The van der Waals surface area contributed by atoms with E-state index in [1.165, 1.54) is 5.39 Å². The number of benzene rings is 4. The maximum atomic E-state index is 4.94. The molecule has 0 fully saturated rings. The first-order valence-electron chi connectivity index (χ1n) is 8.34. The Labute approximate surface area is 165 Å². The molecule has 0 saturated carbocycles. The summed E-state index contributed by atoms with van der Waals surface area (Å²) in [4.78, 5) is 4.94. The standard InChI is InChI=1S/C23H15N2.Ir/c1-2-11-18(12-3-1)25-22-16-7-6-15-21(22)24-23(25)20-14-8-10-17-9-4-5-13-19(17)20;/h1-13,15-16H;/q-1;. The van der Waals surface area contributed by atoms with Crippen LogP contribution in [0.15, 0.2) is 91.0 Å². The second-order valence-corrected chi connectivity index (χ2v) is 6.04. The fourth-order valence-electron chi connectivity index (χ4n) is 3.38. The first-order valence-corrected chi connectivity index (χ1v) is 8.34. The quantitative estimate of drug-likeness (QED) is 0.281. The molecule has 1 heterocycles. The number of fused-ring (bicyclic) bond motifs is 2. The zero-order chi connectivity index (χ0) is 16.6. The van der Waals surface area contributed by atoms with Crippen LogP contribution in [0.4, 0.5) is 0 Å². The van der Waals surface area contributed by atoms with Crippen molar-refractivity contribution in [3.63, 3.8) is 0 Å². The van der Waals surface area contributed by atoms with Crippen LogP contribution in [0.5, 0.6) is 0 Å². The zero-order valence-electron chi connectivity index (χ0n) is 13.9. The Hall–Kier alpha value is -2.74. The Balaban J connectivity index is 0.00000168. The Kier molecular flexibility index (Phi) is 4.42. The van der Waals surface area contributed by atoms with Crippen LogP contribution in [-0.2, 0) is 20.1 Å². The predicted octanol–water partition coefficient (Wildman–Crippen LogP) is 5.64. The molecule has 5 aromatic rings. The van der Waals surface area contributed by atoms with Crippen molar-refractivity contribution in [2.45, 2.75) is 0 Å². The van der Waals surface area contributed by atoms with E-state index < -0.39 is 0 Å². The van der Waals surface area contributed by atoms with Gasteiger partial charge in [-0.05, 0) is 24.3 Å². The first-order chi connectivity index (χ1) is 12.4. The fourth-order valence-corrected chi connectivity index (χ4v) is 3.38. The number of para-hydroxylation sites is 3. The molecule has 0 unspecified atom stereocenters. The van der Waals surface area contributed by atoms with Crippen molar-refractivity contribution in [2.75, 3.05) is 0 Å². The molecular formula is C23H15IrN2-. The van der Waals surface area contributed by atoms with Gasteiger partial charge in [0.15, 0.2) is 0 Å². The molecule has 0 N–H and O–H groups in total. The smallest absolute Gasteiger partial charge is 0.0774 e. The number of hydrogen-bond acceptors (Lipinski definition) is 1. The van der Waals surface area contributed by atoms with Crippen molar-refractivity contribution in [1.82, 2.24) is 9.55 Å². The molecule has 1 aromatic heterocycles. The van der Waals surface area contributed by atoms with Crippen LogP contribution >= 0.6 is 0 Å². The number of rotatable bonds is 2. The number of aromatic nitrogens is 2. The van der Waals surface area contributed by atoms with Gasteiger partial charge in [-0.25, -0.2) is 0 Å². The van der Waals surface area contributed by atoms with Crippen molar-refractivity contribution in [1.29, 1.82) is 0 Å². The largest absolute Gasteiger partial charge is 0.333 e. The Morgan fingerprint density at radius 1 is 0.731 bits per heavy atom. The fraction of sp³-hybridized carbons (Fsp3) is 0. The van der Waals surface area contributed by atoms with E-state index in [9.17, 15) is 0 Å². The summed E-state index contributed by atoms with van der Waals surface area (Å²) in [6.07, 6.45) is 0. The van der Waals surface area contributed by atoms with Crippen molar-refractivity contribution in [3.8, 4) is 17.1 Å².